The molecule has 2 nitrogen and oxygen atoms in total. The summed E-state index contributed by atoms with van der Waals surface area (Å²) >= 11 is 4.05. The number of nitrogens with two attached hydrogens (primary N) is 1. The molecule has 0 radical (unpaired) electrons. The zero-order valence-corrected chi connectivity index (χ0v) is 5.90. The van der Waals surface area contributed by atoms with Crippen LogP contribution in [0.5, 0.6) is 0 Å². The number of hydrogen-bond donors (Lipinski definition) is 2. The van der Waals surface area contributed by atoms with Crippen LogP contribution in [0.3, 0.4) is 0 Å². The molecular weight excluding hydrogens is 134 g/mol. The molecule has 2 N–H and O–H groups in total. The van der Waals surface area contributed by atoms with Gasteiger partial charge in [0.2, 0.25) is 0 Å². The fourth-order valence-corrected chi connectivity index (χ4v) is 0.965. The lowest BCUT2D eigenvalue weighted by Crippen LogP contribution is -1.96. The highest BCUT2D eigenvalue weighted by molar-refractivity contribution is 7.79. The van der Waals surface area contributed by atoms with Crippen LogP contribution in [0.25, 0.3) is 0 Å². The SMILES string of the molecule is NCc1ccoc1CS. The number of hydrogen-bond acceptors (Lipinski definition) is 3. The van der Waals surface area contributed by atoms with Crippen LogP contribution in [0.1, 0.15) is 11.3 Å². The maximum absolute atomic E-state index is 5.38. The van der Waals surface area contributed by atoms with E-state index in [4.69, 9.17) is 10.2 Å². The van der Waals surface area contributed by atoms with E-state index in [0.717, 1.165) is 11.3 Å². The molecule has 1 aromatic heterocycles. The van der Waals surface area contributed by atoms with Crippen molar-refractivity contribution >= 4 is 12.6 Å². The first-order chi connectivity index (χ1) is 4.38. The van der Waals surface area contributed by atoms with Gasteiger partial charge in [-0.25, -0.2) is 0 Å². The Balaban J connectivity index is 2.85. The summed E-state index contributed by atoms with van der Waals surface area (Å²) in [5.41, 5.74) is 6.42. The van der Waals surface area contributed by atoms with Crippen LogP contribution >= 0.6 is 12.6 Å². The maximum atomic E-state index is 5.38. The molecule has 0 aliphatic rings. The van der Waals surface area contributed by atoms with Crippen molar-refractivity contribution in [3.63, 3.8) is 0 Å². The Bertz CT molecular complexity index is 166. The molecule has 0 aliphatic heterocycles. The lowest BCUT2D eigenvalue weighted by molar-refractivity contribution is 0.526. The quantitative estimate of drug-likeness (QED) is 0.610. The zero-order chi connectivity index (χ0) is 6.69. The smallest absolute Gasteiger partial charge is 0.117 e. The Kier molecular flexibility index (Phi) is 2.19. The van der Waals surface area contributed by atoms with Gasteiger partial charge in [0.25, 0.3) is 0 Å². The van der Waals surface area contributed by atoms with E-state index in [1.165, 1.54) is 0 Å². The van der Waals surface area contributed by atoms with Crippen molar-refractivity contribution in [2.45, 2.75) is 12.3 Å². The van der Waals surface area contributed by atoms with E-state index in [0.29, 0.717) is 12.3 Å². The molecule has 50 valence electrons. The van der Waals surface area contributed by atoms with Crippen LogP contribution < -0.4 is 5.73 Å². The molecule has 0 fully saturated rings. The molecule has 0 saturated heterocycles. The maximum Gasteiger partial charge on any atom is 0.117 e. The fourth-order valence-electron chi connectivity index (χ4n) is 0.688. The molecule has 1 heterocycles. The Labute approximate surface area is 59.5 Å². The summed E-state index contributed by atoms with van der Waals surface area (Å²) in [4.78, 5) is 0. The van der Waals surface area contributed by atoms with Crippen molar-refractivity contribution in [3.05, 3.63) is 23.7 Å². The highest BCUT2D eigenvalue weighted by atomic mass is 32.1. The van der Waals surface area contributed by atoms with E-state index in [-0.39, 0.29) is 0 Å². The van der Waals surface area contributed by atoms with Gasteiger partial charge in [0.1, 0.15) is 5.76 Å². The van der Waals surface area contributed by atoms with E-state index in [9.17, 15) is 0 Å². The van der Waals surface area contributed by atoms with Crippen LogP contribution in [0, 0.1) is 0 Å². The fraction of sp³-hybridized carbons (Fsp3) is 0.333. The van der Waals surface area contributed by atoms with Crippen molar-refractivity contribution in [3.8, 4) is 0 Å². The summed E-state index contributed by atoms with van der Waals surface area (Å²) in [7, 11) is 0. The van der Waals surface area contributed by atoms with Gasteiger partial charge in [-0.1, -0.05) is 0 Å². The summed E-state index contributed by atoms with van der Waals surface area (Å²) in [6, 6.07) is 1.87. The molecular formula is C6H9NOS. The van der Waals surface area contributed by atoms with Crippen LogP contribution in [0.15, 0.2) is 16.7 Å². The van der Waals surface area contributed by atoms with Crippen molar-refractivity contribution < 1.29 is 4.42 Å². The predicted octanol–water partition coefficient (Wildman–Crippen LogP) is 1.17. The van der Waals surface area contributed by atoms with Gasteiger partial charge in [-0.3, -0.25) is 0 Å². The largest absolute Gasteiger partial charge is 0.468 e. The average molecular weight is 143 g/mol. The van der Waals surface area contributed by atoms with E-state index < -0.39 is 0 Å². The van der Waals surface area contributed by atoms with Gasteiger partial charge in [-0.15, -0.1) is 0 Å². The number of thiol groups is 1. The van der Waals surface area contributed by atoms with Crippen molar-refractivity contribution in [2.24, 2.45) is 5.73 Å². The minimum absolute atomic E-state index is 0.534. The van der Waals surface area contributed by atoms with Crippen LogP contribution in [0.2, 0.25) is 0 Å². The van der Waals surface area contributed by atoms with Crippen LogP contribution in [0.4, 0.5) is 0 Å². The second-order valence-corrected chi connectivity index (χ2v) is 2.05. The third-order valence-corrected chi connectivity index (χ3v) is 1.49. The molecule has 0 bridgehead atoms. The van der Waals surface area contributed by atoms with Crippen LogP contribution in [-0.2, 0) is 12.3 Å². The molecule has 0 saturated carbocycles. The number of furan rings is 1. The Morgan fingerprint density at radius 1 is 1.67 bits per heavy atom. The summed E-state index contributed by atoms with van der Waals surface area (Å²) in [6.07, 6.45) is 1.63. The molecule has 0 spiro atoms. The van der Waals surface area contributed by atoms with Gasteiger partial charge in [-0.05, 0) is 6.07 Å². The molecule has 9 heavy (non-hydrogen) atoms. The van der Waals surface area contributed by atoms with E-state index >= 15 is 0 Å². The summed E-state index contributed by atoms with van der Waals surface area (Å²) in [5, 5.41) is 0. The minimum atomic E-state index is 0.534. The molecule has 0 aromatic carbocycles. The third-order valence-electron chi connectivity index (χ3n) is 1.20. The van der Waals surface area contributed by atoms with E-state index in [1.807, 2.05) is 6.07 Å². The van der Waals surface area contributed by atoms with E-state index in [1.54, 1.807) is 6.26 Å². The monoisotopic (exact) mass is 143 g/mol. The summed E-state index contributed by atoms with van der Waals surface area (Å²) in [5.74, 6) is 1.50. The topological polar surface area (TPSA) is 39.2 Å². The summed E-state index contributed by atoms with van der Waals surface area (Å²) in [6.45, 7) is 0.534. The highest BCUT2D eigenvalue weighted by Gasteiger charge is 1.99. The highest BCUT2D eigenvalue weighted by Crippen LogP contribution is 2.10. The first kappa shape index (κ1) is 6.71. The zero-order valence-electron chi connectivity index (χ0n) is 5.00. The lowest BCUT2D eigenvalue weighted by atomic mass is 10.3. The first-order valence-corrected chi connectivity index (χ1v) is 3.38. The number of rotatable bonds is 2. The average Bonchev–Trinajstić information content (AvgIpc) is 2.33. The predicted molar refractivity (Wildman–Crippen MR) is 39.3 cm³/mol. The second-order valence-electron chi connectivity index (χ2n) is 1.73. The van der Waals surface area contributed by atoms with Gasteiger partial charge in [0, 0.05) is 17.9 Å². The minimum Gasteiger partial charge on any atom is -0.468 e. The summed E-state index contributed by atoms with van der Waals surface area (Å²) < 4.78 is 5.05. The van der Waals surface area contributed by atoms with Gasteiger partial charge >= 0.3 is 0 Å². The molecule has 1 aromatic rings. The standard InChI is InChI=1S/C6H9NOS/c7-3-5-1-2-8-6(5)4-9/h1-2,9H,3-4,7H2. The van der Waals surface area contributed by atoms with Gasteiger partial charge < -0.3 is 10.2 Å². The van der Waals surface area contributed by atoms with Crippen molar-refractivity contribution in [1.29, 1.82) is 0 Å². The molecule has 0 amide bonds. The Hall–Kier alpha value is -0.410. The molecule has 3 heteroatoms. The molecule has 1 rings (SSSR count). The first-order valence-electron chi connectivity index (χ1n) is 2.74. The third kappa shape index (κ3) is 1.28. The molecule has 0 unspecified atom stereocenters. The van der Waals surface area contributed by atoms with Crippen LogP contribution in [-0.4, -0.2) is 0 Å². The molecule has 0 aliphatic carbocycles. The second kappa shape index (κ2) is 2.94. The lowest BCUT2D eigenvalue weighted by Gasteiger charge is -1.91. The van der Waals surface area contributed by atoms with Gasteiger partial charge in [0.05, 0.1) is 6.26 Å². The normalized spacial score (nSPS) is 10.0. The van der Waals surface area contributed by atoms with Crippen molar-refractivity contribution in [1.82, 2.24) is 0 Å². The molecule has 0 atom stereocenters. The van der Waals surface area contributed by atoms with Gasteiger partial charge in [-0.2, -0.15) is 12.6 Å². The Morgan fingerprint density at radius 2 is 2.44 bits per heavy atom. The Morgan fingerprint density at radius 3 is 2.89 bits per heavy atom. The van der Waals surface area contributed by atoms with Crippen molar-refractivity contribution in [2.75, 3.05) is 0 Å². The van der Waals surface area contributed by atoms with E-state index in [2.05, 4.69) is 12.6 Å². The van der Waals surface area contributed by atoms with Gasteiger partial charge in [0.15, 0.2) is 0 Å².